The number of primary amides is 1. The molecule has 0 aliphatic carbocycles. The summed E-state index contributed by atoms with van der Waals surface area (Å²) in [7, 11) is 0. The minimum Gasteiger partial charge on any atom is -0.366 e. The molecule has 0 saturated carbocycles. The van der Waals surface area contributed by atoms with E-state index in [-0.39, 0.29) is 17.2 Å². The predicted molar refractivity (Wildman–Crippen MR) is 98.5 cm³/mol. The Labute approximate surface area is 160 Å². The topological polar surface area (TPSA) is 100 Å². The van der Waals surface area contributed by atoms with Gasteiger partial charge in [-0.1, -0.05) is 32.0 Å². The average Bonchev–Trinajstić information content (AvgIpc) is 2.95. The van der Waals surface area contributed by atoms with E-state index in [9.17, 15) is 23.6 Å². The summed E-state index contributed by atoms with van der Waals surface area (Å²) in [5.74, 6) is -5.55. The van der Waals surface area contributed by atoms with E-state index in [2.05, 4.69) is 4.98 Å². The number of rotatable bonds is 4. The molecule has 2 heterocycles. The maximum absolute atomic E-state index is 13.8. The van der Waals surface area contributed by atoms with Gasteiger partial charge in [-0.15, -0.1) is 0 Å². The molecule has 2 aromatic rings. The van der Waals surface area contributed by atoms with Gasteiger partial charge in [0.25, 0.3) is 5.92 Å². The van der Waals surface area contributed by atoms with Crippen LogP contribution in [0.3, 0.4) is 0 Å². The van der Waals surface area contributed by atoms with Gasteiger partial charge in [0, 0.05) is 11.8 Å². The molecule has 1 saturated heterocycles. The molecule has 2 amide bonds. The van der Waals surface area contributed by atoms with E-state index in [0.717, 1.165) is 4.90 Å². The van der Waals surface area contributed by atoms with Crippen molar-refractivity contribution in [3.63, 3.8) is 0 Å². The van der Waals surface area contributed by atoms with Gasteiger partial charge >= 0.3 is 0 Å². The number of aromatic nitrogens is 1. The second-order valence-corrected chi connectivity index (χ2v) is 7.37. The molecule has 0 bridgehead atoms. The Balaban J connectivity index is 2.09. The van der Waals surface area contributed by atoms with Gasteiger partial charge < -0.3 is 10.6 Å². The van der Waals surface area contributed by atoms with Crippen LogP contribution in [0.15, 0.2) is 30.3 Å². The molecule has 0 spiro atoms. The van der Waals surface area contributed by atoms with Gasteiger partial charge in [0.15, 0.2) is 0 Å². The molecular weight excluding hydrogens is 366 g/mol. The number of nitriles is 1. The molecule has 0 radical (unpaired) electrons. The number of nitrogens with zero attached hydrogens (tertiary/aromatic N) is 3. The lowest BCUT2D eigenvalue weighted by atomic mass is 9.89. The molecule has 2 N–H and O–H groups in total. The van der Waals surface area contributed by atoms with Gasteiger partial charge in [-0.2, -0.15) is 5.26 Å². The lowest BCUT2D eigenvalue weighted by Gasteiger charge is -2.27. The third-order valence-electron chi connectivity index (χ3n) is 4.95. The molecular formula is C20H20F2N4O2. The Morgan fingerprint density at radius 1 is 1.36 bits per heavy atom. The summed E-state index contributed by atoms with van der Waals surface area (Å²) < 4.78 is 27.6. The summed E-state index contributed by atoms with van der Waals surface area (Å²) in [5.41, 5.74) is 6.47. The number of hydrogen-bond donors (Lipinski definition) is 1. The van der Waals surface area contributed by atoms with Crippen molar-refractivity contribution in [1.82, 2.24) is 9.88 Å². The number of halogens is 2. The smallest absolute Gasteiger partial charge is 0.268 e. The van der Waals surface area contributed by atoms with Crippen molar-refractivity contribution in [1.29, 1.82) is 5.26 Å². The van der Waals surface area contributed by atoms with Gasteiger partial charge in [0.2, 0.25) is 11.8 Å². The van der Waals surface area contributed by atoms with Crippen LogP contribution in [0.2, 0.25) is 0 Å². The third kappa shape index (κ3) is 3.52. The van der Waals surface area contributed by atoms with Crippen LogP contribution in [0.5, 0.6) is 0 Å². The first-order valence-electron chi connectivity index (χ1n) is 8.92. The van der Waals surface area contributed by atoms with Gasteiger partial charge in [-0.25, -0.2) is 8.78 Å². The number of hydrogen-bond acceptors (Lipinski definition) is 4. The Morgan fingerprint density at radius 2 is 2.04 bits per heavy atom. The molecule has 8 heteroatoms. The highest BCUT2D eigenvalue weighted by atomic mass is 19.3. The van der Waals surface area contributed by atoms with E-state index < -0.39 is 42.7 Å². The maximum atomic E-state index is 13.8. The molecule has 146 valence electrons. The van der Waals surface area contributed by atoms with E-state index in [0.29, 0.717) is 10.9 Å². The summed E-state index contributed by atoms with van der Waals surface area (Å²) >= 11 is 0. The zero-order chi connectivity index (χ0) is 20.6. The first kappa shape index (κ1) is 19.7. The van der Waals surface area contributed by atoms with Crippen molar-refractivity contribution in [2.24, 2.45) is 11.7 Å². The Morgan fingerprint density at radius 3 is 2.64 bits per heavy atom. The third-order valence-corrected chi connectivity index (χ3v) is 4.95. The maximum Gasteiger partial charge on any atom is 0.268 e. The van der Waals surface area contributed by atoms with Crippen LogP contribution < -0.4 is 5.73 Å². The van der Waals surface area contributed by atoms with Crippen molar-refractivity contribution in [3.05, 3.63) is 41.6 Å². The Kier molecular flexibility index (Phi) is 5.02. The highest BCUT2D eigenvalue weighted by Crippen LogP contribution is 2.36. The standard InChI is InChI=1S/C20H20F2N4O2/c1-11(2)17(19(28)26-10-20(21,22)8-12(26)9-23)16-7-14(18(24)27)13-5-3-4-6-15(13)25-16/h3-7,11-12,17H,8,10H2,1-2H3,(H2,24,27)/t12-,17+/m0/s1. The second-order valence-electron chi connectivity index (χ2n) is 7.37. The zero-order valence-corrected chi connectivity index (χ0v) is 15.5. The fourth-order valence-corrected chi connectivity index (χ4v) is 3.65. The fraction of sp³-hybridized carbons (Fsp3) is 0.400. The number of alkyl halides is 2. The number of amides is 2. The quantitative estimate of drug-likeness (QED) is 0.873. The summed E-state index contributed by atoms with van der Waals surface area (Å²) in [6.07, 6.45) is -0.683. The first-order chi connectivity index (χ1) is 13.1. The normalized spacial score (nSPS) is 19.6. The van der Waals surface area contributed by atoms with Crippen LogP contribution in [-0.4, -0.2) is 40.2 Å². The highest BCUT2D eigenvalue weighted by Gasteiger charge is 2.49. The minimum absolute atomic E-state index is 0.211. The molecule has 6 nitrogen and oxygen atoms in total. The van der Waals surface area contributed by atoms with Crippen molar-refractivity contribution in [2.75, 3.05) is 6.54 Å². The molecule has 28 heavy (non-hydrogen) atoms. The number of carbonyl (C=O) groups excluding carboxylic acids is 2. The van der Waals surface area contributed by atoms with Gasteiger partial charge in [0.1, 0.15) is 6.04 Å². The summed E-state index contributed by atoms with van der Waals surface area (Å²) in [5, 5.41) is 9.76. The van der Waals surface area contributed by atoms with Crippen LogP contribution in [0.1, 0.15) is 42.2 Å². The largest absolute Gasteiger partial charge is 0.366 e. The molecule has 0 unspecified atom stereocenters. The van der Waals surface area contributed by atoms with E-state index in [1.165, 1.54) is 6.07 Å². The molecule has 1 aliphatic rings. The van der Waals surface area contributed by atoms with E-state index >= 15 is 0 Å². The van der Waals surface area contributed by atoms with Crippen LogP contribution in [-0.2, 0) is 4.79 Å². The predicted octanol–water partition coefficient (Wildman–Crippen LogP) is 2.83. The first-order valence-corrected chi connectivity index (χ1v) is 8.92. The van der Waals surface area contributed by atoms with Gasteiger partial charge in [-0.3, -0.25) is 14.6 Å². The second kappa shape index (κ2) is 7.15. The van der Waals surface area contributed by atoms with Gasteiger partial charge in [0.05, 0.1) is 35.3 Å². The fourth-order valence-electron chi connectivity index (χ4n) is 3.65. The van der Waals surface area contributed by atoms with Crippen molar-refractivity contribution in [3.8, 4) is 6.07 Å². The molecule has 3 rings (SSSR count). The number of benzene rings is 1. The summed E-state index contributed by atoms with van der Waals surface area (Å²) in [6.45, 7) is 2.72. The Hall–Kier alpha value is -3.08. The number of likely N-dealkylation sites (tertiary alicyclic amines) is 1. The summed E-state index contributed by atoms with van der Waals surface area (Å²) in [6, 6.07) is 8.91. The lowest BCUT2D eigenvalue weighted by molar-refractivity contribution is -0.135. The Bertz CT molecular complexity index is 984. The SMILES string of the molecule is CC(C)[C@@H](C(=O)N1CC(F)(F)C[C@H]1C#N)c1cc(C(N)=O)c2ccccc2n1. The number of carbonyl (C=O) groups is 2. The monoisotopic (exact) mass is 386 g/mol. The minimum atomic E-state index is -3.10. The van der Waals surface area contributed by atoms with E-state index in [1.54, 1.807) is 44.2 Å². The van der Waals surface area contributed by atoms with Crippen LogP contribution >= 0.6 is 0 Å². The molecule has 1 aromatic heterocycles. The van der Waals surface area contributed by atoms with Crippen LogP contribution in [0.25, 0.3) is 10.9 Å². The molecule has 1 aliphatic heterocycles. The number of fused-ring (bicyclic) bond motifs is 1. The van der Waals surface area contributed by atoms with Crippen LogP contribution in [0, 0.1) is 17.2 Å². The van der Waals surface area contributed by atoms with Gasteiger partial charge in [-0.05, 0) is 18.1 Å². The number of para-hydroxylation sites is 1. The van der Waals surface area contributed by atoms with Crippen molar-refractivity contribution >= 4 is 22.7 Å². The molecule has 1 fully saturated rings. The summed E-state index contributed by atoms with van der Waals surface area (Å²) in [4.78, 5) is 30.5. The van der Waals surface area contributed by atoms with Crippen molar-refractivity contribution < 1.29 is 18.4 Å². The average molecular weight is 386 g/mol. The number of nitrogens with two attached hydrogens (primary N) is 1. The van der Waals surface area contributed by atoms with Crippen molar-refractivity contribution in [2.45, 2.75) is 38.2 Å². The van der Waals surface area contributed by atoms with E-state index in [1.807, 2.05) is 0 Å². The number of pyridine rings is 1. The highest BCUT2D eigenvalue weighted by molar-refractivity contribution is 6.05. The molecule has 2 atom stereocenters. The zero-order valence-electron chi connectivity index (χ0n) is 15.5. The van der Waals surface area contributed by atoms with Crippen LogP contribution in [0.4, 0.5) is 8.78 Å². The molecule has 1 aromatic carbocycles. The van der Waals surface area contributed by atoms with E-state index in [4.69, 9.17) is 5.73 Å². The lowest BCUT2D eigenvalue weighted by Crippen LogP contribution is -2.41.